The van der Waals surface area contributed by atoms with E-state index in [0.29, 0.717) is 17.9 Å². The molecule has 4 aliphatic rings. The molecular formula is C27H32N2O8. The summed E-state index contributed by atoms with van der Waals surface area (Å²) in [5.41, 5.74) is 3.77. The summed E-state index contributed by atoms with van der Waals surface area (Å²) in [5.74, 6) is -11.7. The van der Waals surface area contributed by atoms with Crippen molar-refractivity contribution < 1.29 is 38.9 Å². The van der Waals surface area contributed by atoms with Gasteiger partial charge in [-0.05, 0) is 37.4 Å². The Labute approximate surface area is 214 Å². The van der Waals surface area contributed by atoms with Crippen LogP contribution in [0.4, 0.5) is 0 Å². The van der Waals surface area contributed by atoms with Crippen molar-refractivity contribution in [3.63, 3.8) is 0 Å². The zero-order chi connectivity index (χ0) is 27.4. The fourth-order valence-electron chi connectivity index (χ4n) is 7.20. The summed E-state index contributed by atoms with van der Waals surface area (Å²) < 4.78 is 5.95. The highest BCUT2D eigenvalue weighted by molar-refractivity contribution is 6.32. The highest BCUT2D eigenvalue weighted by atomic mass is 16.5. The molecule has 3 unspecified atom stereocenters. The molecule has 0 radical (unpaired) electrons. The van der Waals surface area contributed by atoms with Crippen LogP contribution in [0, 0.1) is 23.7 Å². The van der Waals surface area contributed by atoms with Crippen molar-refractivity contribution >= 4 is 29.0 Å². The first kappa shape index (κ1) is 25.7. The predicted octanol–water partition coefficient (Wildman–Crippen LogP) is -0.247. The Hall–Kier alpha value is -2.95. The van der Waals surface area contributed by atoms with Gasteiger partial charge in [-0.25, -0.2) is 0 Å². The number of hydrogen-bond donors (Lipinski definition) is 3. The van der Waals surface area contributed by atoms with Crippen molar-refractivity contribution in [2.24, 2.45) is 29.4 Å². The molecular weight excluding hydrogens is 480 g/mol. The molecule has 1 amide bonds. The Morgan fingerprint density at radius 3 is 2.38 bits per heavy atom. The number of primary amides is 1. The molecule has 10 nitrogen and oxygen atoms in total. The van der Waals surface area contributed by atoms with Gasteiger partial charge < -0.3 is 20.7 Å². The molecule has 2 fully saturated rings. The zero-order valence-corrected chi connectivity index (χ0v) is 21.5. The number of aliphatic hydroxyl groups excluding tert-OH is 1. The molecule has 0 aromatic heterocycles. The molecule has 2 saturated carbocycles. The minimum atomic E-state index is -2.94. The van der Waals surface area contributed by atoms with Crippen LogP contribution < -0.4 is 10.5 Å². The first-order chi connectivity index (χ1) is 17.2. The van der Waals surface area contributed by atoms with Gasteiger partial charge in [-0.2, -0.15) is 0 Å². The minimum absolute atomic E-state index is 0.219. The Morgan fingerprint density at radius 1 is 1.14 bits per heavy atom. The molecule has 3 aliphatic carbocycles. The Balaban J connectivity index is 1.72. The number of ketones is 4. The van der Waals surface area contributed by atoms with Crippen molar-refractivity contribution in [2.45, 2.75) is 56.3 Å². The molecule has 1 aromatic rings. The smallest absolute Gasteiger partial charge is 0.235 e. The number of amides is 1. The van der Waals surface area contributed by atoms with Crippen LogP contribution in [0.2, 0.25) is 0 Å². The van der Waals surface area contributed by atoms with Gasteiger partial charge >= 0.3 is 0 Å². The Morgan fingerprint density at radius 2 is 1.78 bits per heavy atom. The standard InChI is InChI=1S/C27H32N2O8/c1-10-11-6-7-12-22(37-9-8-26(12,2)3)14(11)19(30)15-13(10)20(31)17-18(29(4)5)21(32)16(25(28)35)24(34)27(17,36)23(15)33/h6-7,10,13,15-18,20,31,36H,8-9H2,1-5H3,(H2,28,35)/t10-,13+,15?,16?,17+,18?,20-,27-/m0/s1. The normalized spacial score (nSPS) is 38.3. The Bertz CT molecular complexity index is 1270. The van der Waals surface area contributed by atoms with Crippen LogP contribution in [0.15, 0.2) is 12.1 Å². The molecule has 10 heteroatoms. The molecule has 1 heterocycles. The highest BCUT2D eigenvalue weighted by Crippen LogP contribution is 2.55. The number of aliphatic hydroxyl groups is 2. The fourth-order valence-corrected chi connectivity index (χ4v) is 7.20. The maximum atomic E-state index is 14.1. The van der Waals surface area contributed by atoms with Gasteiger partial charge in [0.1, 0.15) is 5.75 Å². The lowest BCUT2D eigenvalue weighted by atomic mass is 9.49. The SMILES string of the molecule is C[C@H]1c2ccc3c(c2C(=O)C2C(=O)[C@]4(O)C(=O)C(C(N)=O)C(=O)C(N(C)C)[C@@H]4[C@@H](O)[C@@H]21)OCCC3(C)C. The molecule has 4 N–H and O–H groups in total. The van der Waals surface area contributed by atoms with Gasteiger partial charge in [0, 0.05) is 11.5 Å². The summed E-state index contributed by atoms with van der Waals surface area (Å²) in [6, 6.07) is 2.36. The number of carbonyl (C=O) groups excluding carboxylic acids is 5. The summed E-state index contributed by atoms with van der Waals surface area (Å²) in [6.45, 7) is 6.21. The fraction of sp³-hybridized carbons (Fsp3) is 0.593. The second-order valence-corrected chi connectivity index (χ2v) is 11.8. The number of rotatable bonds is 2. The van der Waals surface area contributed by atoms with E-state index < -0.39 is 76.4 Å². The summed E-state index contributed by atoms with van der Waals surface area (Å²) in [4.78, 5) is 68.2. The van der Waals surface area contributed by atoms with Gasteiger partial charge in [0.25, 0.3) is 0 Å². The van der Waals surface area contributed by atoms with Crippen molar-refractivity contribution in [3.8, 4) is 5.75 Å². The minimum Gasteiger partial charge on any atom is -0.492 e. The second kappa shape index (κ2) is 8.02. The van der Waals surface area contributed by atoms with E-state index in [-0.39, 0.29) is 11.0 Å². The number of hydrogen-bond acceptors (Lipinski definition) is 9. The van der Waals surface area contributed by atoms with Crippen LogP contribution in [0.1, 0.15) is 54.6 Å². The number of nitrogens with zero attached hydrogens (tertiary/aromatic N) is 1. The van der Waals surface area contributed by atoms with E-state index in [1.54, 1.807) is 6.92 Å². The molecule has 5 rings (SSSR count). The number of Topliss-reactive ketones (excluding diaryl/α,β-unsaturated/α-hetero) is 4. The predicted molar refractivity (Wildman–Crippen MR) is 129 cm³/mol. The van der Waals surface area contributed by atoms with Crippen LogP contribution in [0.3, 0.4) is 0 Å². The van der Waals surface area contributed by atoms with E-state index in [9.17, 15) is 34.2 Å². The van der Waals surface area contributed by atoms with Crippen molar-refractivity contribution in [1.82, 2.24) is 4.90 Å². The van der Waals surface area contributed by atoms with E-state index in [1.807, 2.05) is 26.0 Å². The topological polar surface area (TPSA) is 164 Å². The van der Waals surface area contributed by atoms with Crippen molar-refractivity contribution in [1.29, 1.82) is 0 Å². The molecule has 0 bridgehead atoms. The molecule has 37 heavy (non-hydrogen) atoms. The maximum Gasteiger partial charge on any atom is 0.235 e. The zero-order valence-electron chi connectivity index (χ0n) is 21.5. The number of nitrogens with two attached hydrogens (primary N) is 1. The number of ether oxygens (including phenoxy) is 1. The van der Waals surface area contributed by atoms with Crippen molar-refractivity contribution in [2.75, 3.05) is 20.7 Å². The van der Waals surface area contributed by atoms with Crippen molar-refractivity contribution in [3.05, 3.63) is 28.8 Å². The number of fused-ring (bicyclic) bond motifs is 5. The van der Waals surface area contributed by atoms with Gasteiger partial charge in [-0.15, -0.1) is 0 Å². The van der Waals surface area contributed by atoms with Crippen LogP contribution in [-0.2, 0) is 24.6 Å². The summed E-state index contributed by atoms with van der Waals surface area (Å²) >= 11 is 0. The van der Waals surface area contributed by atoms with Gasteiger partial charge in [-0.1, -0.05) is 32.9 Å². The average Bonchev–Trinajstić information content (AvgIpc) is 2.80. The Kier molecular flexibility index (Phi) is 5.57. The van der Waals surface area contributed by atoms with Crippen LogP contribution in [0.25, 0.3) is 0 Å². The lowest BCUT2D eigenvalue weighted by molar-refractivity contribution is -0.196. The van der Waals surface area contributed by atoms with Crippen LogP contribution in [0.5, 0.6) is 5.75 Å². The lowest BCUT2D eigenvalue weighted by Crippen LogP contribution is -2.77. The third-order valence-electron chi connectivity index (χ3n) is 9.17. The molecule has 1 aromatic carbocycles. The first-order valence-corrected chi connectivity index (χ1v) is 12.5. The third kappa shape index (κ3) is 3.12. The van der Waals surface area contributed by atoms with E-state index in [1.165, 1.54) is 19.0 Å². The van der Waals surface area contributed by atoms with Gasteiger partial charge in [0.2, 0.25) is 5.91 Å². The van der Waals surface area contributed by atoms with E-state index in [2.05, 4.69) is 0 Å². The number of likely N-dealkylation sites (N-methyl/N-ethyl adjacent to an activating group) is 1. The molecule has 0 saturated heterocycles. The maximum absolute atomic E-state index is 14.1. The van der Waals surface area contributed by atoms with Gasteiger partial charge in [0.05, 0.1) is 36.2 Å². The quantitative estimate of drug-likeness (QED) is 0.453. The third-order valence-corrected chi connectivity index (χ3v) is 9.17. The summed E-state index contributed by atoms with van der Waals surface area (Å²) in [5, 5.41) is 23.4. The first-order valence-electron chi connectivity index (χ1n) is 12.5. The van der Waals surface area contributed by atoms with Crippen LogP contribution in [-0.4, -0.2) is 82.6 Å². The molecule has 1 aliphatic heterocycles. The summed E-state index contributed by atoms with van der Waals surface area (Å²) in [7, 11) is 2.96. The highest BCUT2D eigenvalue weighted by Gasteiger charge is 2.73. The average molecular weight is 513 g/mol. The largest absolute Gasteiger partial charge is 0.492 e. The van der Waals surface area contributed by atoms with E-state index >= 15 is 0 Å². The molecule has 0 spiro atoms. The number of benzene rings is 1. The molecule has 8 atom stereocenters. The summed E-state index contributed by atoms with van der Waals surface area (Å²) in [6.07, 6.45) is -0.848. The van der Waals surface area contributed by atoms with Gasteiger partial charge in [0.15, 0.2) is 34.7 Å². The van der Waals surface area contributed by atoms with Gasteiger partial charge in [-0.3, -0.25) is 28.9 Å². The van der Waals surface area contributed by atoms with Crippen LogP contribution >= 0.6 is 0 Å². The van der Waals surface area contributed by atoms with E-state index in [4.69, 9.17) is 10.5 Å². The lowest BCUT2D eigenvalue weighted by Gasteiger charge is -2.56. The monoisotopic (exact) mass is 512 g/mol. The molecule has 198 valence electrons. The second-order valence-electron chi connectivity index (χ2n) is 11.8. The van der Waals surface area contributed by atoms with E-state index in [0.717, 1.165) is 12.0 Å². The number of carbonyl (C=O) groups is 5.